The lowest BCUT2D eigenvalue weighted by Crippen LogP contribution is -2.52. The van der Waals surface area contributed by atoms with Crippen LogP contribution < -0.4 is 10.6 Å². The van der Waals surface area contributed by atoms with Gasteiger partial charge in [-0.3, -0.25) is 4.79 Å². The van der Waals surface area contributed by atoms with Gasteiger partial charge in [0.15, 0.2) is 0 Å². The molecule has 0 spiro atoms. The maximum Gasteiger partial charge on any atom is 0.227 e. The first kappa shape index (κ1) is 13.9. The quantitative estimate of drug-likeness (QED) is 0.792. The van der Waals surface area contributed by atoms with Crippen LogP contribution in [0.5, 0.6) is 0 Å². The summed E-state index contributed by atoms with van der Waals surface area (Å²) in [6.07, 6.45) is 6.87. The lowest BCUT2D eigenvalue weighted by molar-refractivity contribution is -0.132. The molecule has 1 aliphatic carbocycles. The number of amides is 1. The molecule has 2 N–H and O–H groups in total. The highest BCUT2D eigenvalue weighted by Crippen LogP contribution is 2.35. The van der Waals surface area contributed by atoms with Gasteiger partial charge in [-0.2, -0.15) is 0 Å². The van der Waals surface area contributed by atoms with E-state index in [9.17, 15) is 4.79 Å². The molecule has 2 fully saturated rings. The summed E-state index contributed by atoms with van der Waals surface area (Å²) in [6.45, 7) is 8.65. The van der Waals surface area contributed by atoms with Crippen molar-refractivity contribution in [2.24, 2.45) is 10.8 Å². The Kier molecular flexibility index (Phi) is 4.00. The van der Waals surface area contributed by atoms with Crippen molar-refractivity contribution < 1.29 is 4.79 Å². The minimum absolute atomic E-state index is 0.189. The zero-order valence-electron chi connectivity index (χ0n) is 12.1. The van der Waals surface area contributed by atoms with Crippen LogP contribution in [0.25, 0.3) is 0 Å². The van der Waals surface area contributed by atoms with Crippen LogP contribution in [0.4, 0.5) is 0 Å². The highest BCUT2D eigenvalue weighted by Gasteiger charge is 2.36. The normalized spacial score (nSPS) is 33.1. The van der Waals surface area contributed by atoms with Crippen LogP contribution in [0.2, 0.25) is 0 Å². The van der Waals surface area contributed by atoms with Crippen molar-refractivity contribution in [2.75, 3.05) is 13.1 Å². The molecule has 1 saturated heterocycles. The molecule has 1 heterocycles. The molecule has 3 nitrogen and oxygen atoms in total. The van der Waals surface area contributed by atoms with E-state index in [4.69, 9.17) is 0 Å². The van der Waals surface area contributed by atoms with Crippen LogP contribution >= 0.6 is 0 Å². The van der Waals surface area contributed by atoms with Gasteiger partial charge in [-0.05, 0) is 57.4 Å². The summed E-state index contributed by atoms with van der Waals surface area (Å²) in [7, 11) is 0. The van der Waals surface area contributed by atoms with E-state index in [-0.39, 0.29) is 11.3 Å². The van der Waals surface area contributed by atoms with Crippen LogP contribution in [-0.4, -0.2) is 25.0 Å². The predicted molar refractivity (Wildman–Crippen MR) is 74.4 cm³/mol. The summed E-state index contributed by atoms with van der Waals surface area (Å²) < 4.78 is 0. The molecular weight excluding hydrogens is 224 g/mol. The Balaban J connectivity index is 1.84. The summed E-state index contributed by atoms with van der Waals surface area (Å²) >= 11 is 0. The molecule has 2 aliphatic rings. The second kappa shape index (κ2) is 5.20. The Morgan fingerprint density at radius 3 is 2.39 bits per heavy atom. The fourth-order valence-electron chi connectivity index (χ4n) is 3.15. The van der Waals surface area contributed by atoms with Gasteiger partial charge in [-0.1, -0.05) is 13.8 Å². The van der Waals surface area contributed by atoms with Crippen molar-refractivity contribution in [3.8, 4) is 0 Å². The summed E-state index contributed by atoms with van der Waals surface area (Å²) in [5.41, 5.74) is 0.280. The average molecular weight is 252 g/mol. The van der Waals surface area contributed by atoms with Crippen molar-refractivity contribution in [3.63, 3.8) is 0 Å². The third-order valence-electron chi connectivity index (χ3n) is 4.82. The van der Waals surface area contributed by atoms with Gasteiger partial charge in [0.2, 0.25) is 5.91 Å². The minimum Gasteiger partial charge on any atom is -0.353 e. The van der Waals surface area contributed by atoms with E-state index >= 15 is 0 Å². The Morgan fingerprint density at radius 1 is 1.17 bits per heavy atom. The summed E-state index contributed by atoms with van der Waals surface area (Å²) in [5.74, 6) is 0.263. The molecule has 1 saturated carbocycles. The second-order valence-corrected chi connectivity index (χ2v) is 7.25. The van der Waals surface area contributed by atoms with Crippen molar-refractivity contribution in [1.82, 2.24) is 10.6 Å². The van der Waals surface area contributed by atoms with Crippen molar-refractivity contribution in [3.05, 3.63) is 0 Å². The average Bonchev–Trinajstić information content (AvgIpc) is 2.33. The zero-order chi connectivity index (χ0) is 13.2. The molecule has 104 valence electrons. The van der Waals surface area contributed by atoms with Crippen LogP contribution in [0.3, 0.4) is 0 Å². The van der Waals surface area contributed by atoms with Gasteiger partial charge in [0, 0.05) is 12.6 Å². The van der Waals surface area contributed by atoms with Gasteiger partial charge in [-0.15, -0.1) is 0 Å². The maximum atomic E-state index is 12.4. The molecule has 0 aromatic carbocycles. The SMILES string of the molecule is CC1(C)CCC(NC(=O)C2(C)CCCNC2)CC1. The van der Waals surface area contributed by atoms with Crippen LogP contribution in [0.15, 0.2) is 0 Å². The second-order valence-electron chi connectivity index (χ2n) is 7.25. The predicted octanol–water partition coefficient (Wildman–Crippen LogP) is 2.46. The molecule has 0 aromatic rings. The van der Waals surface area contributed by atoms with E-state index in [1.54, 1.807) is 0 Å². The van der Waals surface area contributed by atoms with Crippen LogP contribution in [0.1, 0.15) is 59.3 Å². The van der Waals surface area contributed by atoms with E-state index in [1.165, 1.54) is 12.8 Å². The van der Waals surface area contributed by atoms with Gasteiger partial charge in [0.1, 0.15) is 0 Å². The topological polar surface area (TPSA) is 41.1 Å². The highest BCUT2D eigenvalue weighted by molar-refractivity contribution is 5.82. The van der Waals surface area contributed by atoms with Gasteiger partial charge in [0.05, 0.1) is 5.41 Å². The summed E-state index contributed by atoms with van der Waals surface area (Å²) in [5, 5.41) is 6.63. The van der Waals surface area contributed by atoms with E-state index in [2.05, 4.69) is 31.4 Å². The van der Waals surface area contributed by atoms with Gasteiger partial charge in [-0.25, -0.2) is 0 Å². The molecule has 1 aliphatic heterocycles. The molecular formula is C15H28N2O. The first-order valence-electron chi connectivity index (χ1n) is 7.43. The Labute approximate surface area is 111 Å². The molecule has 0 bridgehead atoms. The Bertz CT molecular complexity index is 296. The van der Waals surface area contributed by atoms with Gasteiger partial charge >= 0.3 is 0 Å². The Morgan fingerprint density at radius 2 is 1.83 bits per heavy atom. The molecule has 1 atom stereocenters. The largest absolute Gasteiger partial charge is 0.353 e. The van der Waals surface area contributed by atoms with E-state index in [1.807, 2.05) is 0 Å². The molecule has 2 rings (SSSR count). The fourth-order valence-corrected chi connectivity index (χ4v) is 3.15. The number of piperidine rings is 1. The number of carbonyl (C=O) groups is 1. The number of rotatable bonds is 2. The number of carbonyl (C=O) groups excluding carboxylic acids is 1. The van der Waals surface area contributed by atoms with Crippen LogP contribution in [-0.2, 0) is 4.79 Å². The third kappa shape index (κ3) is 3.25. The van der Waals surface area contributed by atoms with E-state index in [0.29, 0.717) is 11.5 Å². The summed E-state index contributed by atoms with van der Waals surface area (Å²) in [6, 6.07) is 0.407. The smallest absolute Gasteiger partial charge is 0.227 e. The summed E-state index contributed by atoms with van der Waals surface area (Å²) in [4.78, 5) is 12.4. The van der Waals surface area contributed by atoms with Crippen LogP contribution in [0, 0.1) is 10.8 Å². The lowest BCUT2D eigenvalue weighted by atomic mass is 9.75. The van der Waals surface area contributed by atoms with Crippen molar-refractivity contribution >= 4 is 5.91 Å². The Hall–Kier alpha value is -0.570. The molecule has 18 heavy (non-hydrogen) atoms. The molecule has 1 unspecified atom stereocenters. The van der Waals surface area contributed by atoms with E-state index in [0.717, 1.165) is 38.8 Å². The third-order valence-corrected chi connectivity index (χ3v) is 4.82. The minimum atomic E-state index is -0.189. The fraction of sp³-hybridized carbons (Fsp3) is 0.933. The number of hydrogen-bond donors (Lipinski definition) is 2. The van der Waals surface area contributed by atoms with E-state index < -0.39 is 0 Å². The monoisotopic (exact) mass is 252 g/mol. The lowest BCUT2D eigenvalue weighted by Gasteiger charge is -2.38. The zero-order valence-corrected chi connectivity index (χ0v) is 12.1. The van der Waals surface area contributed by atoms with Crippen molar-refractivity contribution in [1.29, 1.82) is 0 Å². The van der Waals surface area contributed by atoms with Gasteiger partial charge in [0.25, 0.3) is 0 Å². The first-order valence-corrected chi connectivity index (χ1v) is 7.43. The molecule has 0 aromatic heterocycles. The van der Waals surface area contributed by atoms with Crippen molar-refractivity contribution in [2.45, 2.75) is 65.3 Å². The first-order chi connectivity index (χ1) is 8.41. The maximum absolute atomic E-state index is 12.4. The molecule has 3 heteroatoms. The number of nitrogens with one attached hydrogen (secondary N) is 2. The highest BCUT2D eigenvalue weighted by atomic mass is 16.2. The number of hydrogen-bond acceptors (Lipinski definition) is 2. The van der Waals surface area contributed by atoms with Gasteiger partial charge < -0.3 is 10.6 Å². The standard InChI is InChI=1S/C15H28N2O/c1-14(2)8-5-12(6-9-14)17-13(18)15(3)7-4-10-16-11-15/h12,16H,4-11H2,1-3H3,(H,17,18). The molecule has 1 amide bonds. The molecule has 0 radical (unpaired) electrons.